The molecule has 9 heteroatoms. The molecule has 1 aliphatic heterocycles. The lowest BCUT2D eigenvalue weighted by molar-refractivity contribution is -0.907. The molecule has 0 bridgehead atoms. The molecular formula is C20H29N2O6S+. The second-order valence-electron chi connectivity index (χ2n) is 7.01. The number of esters is 2. The van der Waals surface area contributed by atoms with Gasteiger partial charge in [0.1, 0.15) is 41.8 Å². The number of ether oxygens (including phenoxy) is 3. The summed E-state index contributed by atoms with van der Waals surface area (Å²) in [5, 5.41) is 3.08. The van der Waals surface area contributed by atoms with Crippen molar-refractivity contribution < 1.29 is 33.5 Å². The van der Waals surface area contributed by atoms with Gasteiger partial charge in [0.15, 0.2) is 6.54 Å². The molecule has 1 fully saturated rings. The molecule has 0 aliphatic carbocycles. The van der Waals surface area contributed by atoms with Gasteiger partial charge in [0.25, 0.3) is 5.91 Å². The van der Waals surface area contributed by atoms with E-state index in [4.69, 9.17) is 14.2 Å². The zero-order valence-corrected chi connectivity index (χ0v) is 18.1. The van der Waals surface area contributed by atoms with Gasteiger partial charge in [0.2, 0.25) is 0 Å². The maximum atomic E-state index is 12.6. The first-order valence-electron chi connectivity index (χ1n) is 9.64. The van der Waals surface area contributed by atoms with Crippen molar-refractivity contribution in [1.29, 1.82) is 0 Å². The van der Waals surface area contributed by atoms with Crippen molar-refractivity contribution in [3.8, 4) is 0 Å². The van der Waals surface area contributed by atoms with E-state index in [2.05, 4.69) is 11.9 Å². The predicted octanol–water partition coefficient (Wildman–Crippen LogP) is 1.21. The van der Waals surface area contributed by atoms with Crippen LogP contribution in [-0.4, -0.2) is 62.9 Å². The van der Waals surface area contributed by atoms with E-state index in [1.54, 1.807) is 13.8 Å². The molecule has 1 saturated heterocycles. The van der Waals surface area contributed by atoms with Crippen LogP contribution >= 0.6 is 11.3 Å². The number of amides is 1. The van der Waals surface area contributed by atoms with Crippen molar-refractivity contribution in [3.05, 3.63) is 28.7 Å². The lowest BCUT2D eigenvalue weighted by Gasteiger charge is -2.31. The Balaban J connectivity index is 2.20. The van der Waals surface area contributed by atoms with Crippen LogP contribution in [0.3, 0.4) is 0 Å². The number of carbonyl (C=O) groups excluding carboxylic acids is 3. The van der Waals surface area contributed by atoms with Crippen molar-refractivity contribution in [3.63, 3.8) is 0 Å². The first-order chi connectivity index (χ1) is 13.8. The highest BCUT2D eigenvalue weighted by Gasteiger charge is 2.30. The van der Waals surface area contributed by atoms with E-state index in [9.17, 15) is 14.4 Å². The average molecular weight is 426 g/mol. The minimum atomic E-state index is -0.583. The molecule has 1 aromatic heterocycles. The fourth-order valence-electron chi connectivity index (χ4n) is 3.38. The highest BCUT2D eigenvalue weighted by molar-refractivity contribution is 7.18. The molecule has 2 heterocycles. The first kappa shape index (κ1) is 23.1. The molecule has 8 nitrogen and oxygen atoms in total. The summed E-state index contributed by atoms with van der Waals surface area (Å²) >= 11 is 1.01. The average Bonchev–Trinajstić information content (AvgIpc) is 2.94. The summed E-state index contributed by atoms with van der Waals surface area (Å²) in [5.41, 5.74) is 0.619. The zero-order valence-electron chi connectivity index (χ0n) is 17.3. The monoisotopic (exact) mass is 425 g/mol. The van der Waals surface area contributed by atoms with E-state index in [1.165, 1.54) is 6.08 Å². The number of nitrogens with one attached hydrogen (secondary N) is 2. The van der Waals surface area contributed by atoms with Gasteiger partial charge in [-0.3, -0.25) is 4.79 Å². The Morgan fingerprint density at radius 3 is 2.48 bits per heavy atom. The Bertz CT molecular complexity index is 765. The largest absolute Gasteiger partial charge is 0.462 e. The topological polar surface area (TPSA) is 95.4 Å². The molecule has 2 rings (SSSR count). The summed E-state index contributed by atoms with van der Waals surface area (Å²) in [6.07, 6.45) is 1.61. The lowest BCUT2D eigenvalue weighted by atomic mass is 10.1. The van der Waals surface area contributed by atoms with Crippen LogP contribution in [-0.2, 0) is 19.0 Å². The van der Waals surface area contributed by atoms with Crippen molar-refractivity contribution >= 4 is 34.2 Å². The Morgan fingerprint density at radius 1 is 1.24 bits per heavy atom. The molecule has 0 saturated carbocycles. The van der Waals surface area contributed by atoms with Crippen LogP contribution in [0.15, 0.2) is 12.7 Å². The number of morpholine rings is 1. The van der Waals surface area contributed by atoms with E-state index >= 15 is 0 Å². The molecule has 0 spiro atoms. The third-order valence-corrected chi connectivity index (χ3v) is 5.61. The zero-order chi connectivity index (χ0) is 21.6. The summed E-state index contributed by atoms with van der Waals surface area (Å²) < 4.78 is 15.9. The van der Waals surface area contributed by atoms with Gasteiger partial charge in [-0.15, -0.1) is 11.3 Å². The second-order valence-corrected chi connectivity index (χ2v) is 8.03. The Hall–Kier alpha value is -2.23. The van der Waals surface area contributed by atoms with E-state index in [0.717, 1.165) is 29.3 Å². The van der Waals surface area contributed by atoms with Crippen molar-refractivity contribution in [2.75, 3.05) is 38.2 Å². The van der Waals surface area contributed by atoms with Gasteiger partial charge < -0.3 is 24.4 Å². The van der Waals surface area contributed by atoms with Crippen LogP contribution in [0.25, 0.3) is 0 Å². The molecule has 2 N–H and O–H groups in total. The minimum Gasteiger partial charge on any atom is -0.462 e. The van der Waals surface area contributed by atoms with Crippen LogP contribution in [0, 0.1) is 6.92 Å². The van der Waals surface area contributed by atoms with E-state index in [1.807, 2.05) is 13.8 Å². The fraction of sp³-hybridized carbons (Fsp3) is 0.550. The number of hydrogen-bond donors (Lipinski definition) is 2. The number of carbonyl (C=O) groups is 3. The third kappa shape index (κ3) is 6.12. The Morgan fingerprint density at radius 2 is 1.90 bits per heavy atom. The highest BCUT2D eigenvalue weighted by Crippen LogP contribution is 2.34. The quantitative estimate of drug-likeness (QED) is 0.480. The minimum absolute atomic E-state index is 0.0589. The predicted molar refractivity (Wildman–Crippen MR) is 110 cm³/mol. The van der Waals surface area contributed by atoms with E-state index in [0.29, 0.717) is 10.6 Å². The van der Waals surface area contributed by atoms with Crippen LogP contribution < -0.4 is 10.2 Å². The van der Waals surface area contributed by atoms with Gasteiger partial charge >= 0.3 is 11.9 Å². The SMILES string of the molecule is C=CCOC(=O)c1sc(NC(=O)C[NH+]2C[C@@H](C)O[C@@H](C)C2)c(C(=O)OCC)c1C. The molecule has 160 valence electrons. The Kier molecular flexibility index (Phi) is 8.36. The molecule has 1 unspecified atom stereocenters. The maximum Gasteiger partial charge on any atom is 0.348 e. The van der Waals surface area contributed by atoms with Gasteiger partial charge in [-0.25, -0.2) is 9.59 Å². The molecule has 1 aliphatic rings. The van der Waals surface area contributed by atoms with Crippen LogP contribution in [0.4, 0.5) is 5.00 Å². The van der Waals surface area contributed by atoms with Gasteiger partial charge in [-0.1, -0.05) is 12.7 Å². The van der Waals surface area contributed by atoms with Gasteiger partial charge in [-0.2, -0.15) is 0 Å². The smallest absolute Gasteiger partial charge is 0.348 e. The molecule has 3 atom stereocenters. The first-order valence-corrected chi connectivity index (χ1v) is 10.5. The number of quaternary nitrogens is 1. The molecule has 1 aromatic rings. The number of anilines is 1. The second kappa shape index (κ2) is 10.5. The Labute approximate surface area is 174 Å². The van der Waals surface area contributed by atoms with Gasteiger partial charge in [0, 0.05) is 0 Å². The van der Waals surface area contributed by atoms with Crippen LogP contribution in [0.2, 0.25) is 0 Å². The summed E-state index contributed by atoms with van der Waals surface area (Å²) in [4.78, 5) is 38.7. The third-order valence-electron chi connectivity index (χ3n) is 4.42. The molecule has 0 radical (unpaired) electrons. The number of hydrogen-bond acceptors (Lipinski definition) is 7. The summed E-state index contributed by atoms with van der Waals surface area (Å²) in [6.45, 7) is 12.8. The van der Waals surface area contributed by atoms with Gasteiger partial charge in [-0.05, 0) is 33.3 Å². The normalized spacial score (nSPS) is 21.3. The molecule has 29 heavy (non-hydrogen) atoms. The van der Waals surface area contributed by atoms with E-state index < -0.39 is 11.9 Å². The number of rotatable bonds is 8. The molecule has 1 amide bonds. The highest BCUT2D eigenvalue weighted by atomic mass is 32.1. The number of thiophene rings is 1. The van der Waals surface area contributed by atoms with Gasteiger partial charge in [0.05, 0.1) is 12.2 Å². The van der Waals surface area contributed by atoms with Crippen molar-refractivity contribution in [2.45, 2.75) is 39.9 Å². The fourth-order valence-corrected chi connectivity index (χ4v) is 4.48. The summed E-state index contributed by atoms with van der Waals surface area (Å²) in [5.74, 6) is -1.39. The standard InChI is InChI=1S/C20H28N2O6S/c1-6-8-27-20(25)17-14(5)16(19(24)26-7-2)18(29-17)21-15(23)11-22-9-12(3)28-13(4)10-22/h6,12-13H,1,7-11H2,2-5H3,(H,21,23)/p+1/t12-,13+. The summed E-state index contributed by atoms with van der Waals surface area (Å²) in [7, 11) is 0. The summed E-state index contributed by atoms with van der Waals surface area (Å²) in [6, 6.07) is 0. The van der Waals surface area contributed by atoms with Crippen LogP contribution in [0.5, 0.6) is 0 Å². The van der Waals surface area contributed by atoms with Crippen molar-refractivity contribution in [1.82, 2.24) is 0 Å². The van der Waals surface area contributed by atoms with Crippen molar-refractivity contribution in [2.24, 2.45) is 0 Å². The maximum absolute atomic E-state index is 12.6. The molecular weight excluding hydrogens is 396 g/mol. The molecule has 0 aromatic carbocycles. The lowest BCUT2D eigenvalue weighted by Crippen LogP contribution is -3.16. The van der Waals surface area contributed by atoms with Crippen LogP contribution in [0.1, 0.15) is 46.4 Å². The van der Waals surface area contributed by atoms with E-state index in [-0.39, 0.29) is 48.3 Å².